The molecule has 0 bridgehead atoms. The number of amides is 4. The first kappa shape index (κ1) is 41.2. The molecular weight excluding hydrogens is 586 g/mol. The number of ether oxygens (including phenoxy) is 3. The van der Waals surface area contributed by atoms with Crippen molar-refractivity contribution < 1.29 is 38.2 Å². The highest BCUT2D eigenvalue weighted by Gasteiger charge is 2.23. The first-order valence-electron chi connectivity index (χ1n) is 15.5. The lowest BCUT2D eigenvalue weighted by Gasteiger charge is -2.27. The molecule has 0 saturated heterocycles. The van der Waals surface area contributed by atoms with Crippen molar-refractivity contribution in [2.45, 2.75) is 124 Å². The molecule has 0 heterocycles. The van der Waals surface area contributed by atoms with Crippen molar-refractivity contribution in [3.63, 3.8) is 0 Å². The molecule has 0 aromatic heterocycles. The highest BCUT2D eigenvalue weighted by molar-refractivity contribution is 5.87. The molecule has 15 nitrogen and oxygen atoms in total. The van der Waals surface area contributed by atoms with E-state index in [2.05, 4.69) is 20.9 Å². The van der Waals surface area contributed by atoms with Gasteiger partial charge in [-0.2, -0.15) is 0 Å². The summed E-state index contributed by atoms with van der Waals surface area (Å²) >= 11 is 0. The first-order chi connectivity index (χ1) is 20.8. The number of rotatable bonds is 19. The lowest BCUT2D eigenvalue weighted by atomic mass is 10.1. The second kappa shape index (κ2) is 21.0. The second-order valence-electron chi connectivity index (χ2n) is 12.8. The fourth-order valence-corrected chi connectivity index (χ4v) is 3.89. The van der Waals surface area contributed by atoms with Gasteiger partial charge in [0, 0.05) is 39.6 Å². The lowest BCUT2D eigenvalue weighted by molar-refractivity contribution is -0.148. The molecule has 0 saturated carbocycles. The molecule has 0 radical (unpaired) electrons. The molecule has 260 valence electrons. The van der Waals surface area contributed by atoms with Crippen molar-refractivity contribution >= 4 is 35.9 Å². The van der Waals surface area contributed by atoms with E-state index in [0.29, 0.717) is 71.2 Å². The van der Waals surface area contributed by atoms with Crippen LogP contribution in [0.25, 0.3) is 0 Å². The molecule has 1 unspecified atom stereocenters. The molecule has 0 fully saturated rings. The molecular formula is C30H57N7O8. The van der Waals surface area contributed by atoms with Gasteiger partial charge in [0.2, 0.25) is 11.8 Å². The van der Waals surface area contributed by atoms with E-state index in [9.17, 15) is 24.0 Å². The van der Waals surface area contributed by atoms with E-state index in [1.807, 2.05) is 0 Å². The fourth-order valence-electron chi connectivity index (χ4n) is 3.89. The van der Waals surface area contributed by atoms with E-state index in [1.54, 1.807) is 53.4 Å². The number of carbonyl (C=O) groups excluding carboxylic acids is 5. The minimum absolute atomic E-state index is 0.00231. The van der Waals surface area contributed by atoms with Crippen molar-refractivity contribution in [3.05, 3.63) is 0 Å². The monoisotopic (exact) mass is 643 g/mol. The van der Waals surface area contributed by atoms with E-state index in [-0.39, 0.29) is 18.3 Å². The topological polar surface area (TPSA) is 217 Å². The maximum absolute atomic E-state index is 12.7. The van der Waals surface area contributed by atoms with Crippen LogP contribution in [0.5, 0.6) is 0 Å². The Labute approximate surface area is 267 Å². The molecule has 7 N–H and O–H groups in total. The van der Waals surface area contributed by atoms with E-state index in [4.69, 9.17) is 25.7 Å². The SMILES string of the molecule is CC(=O)OC(CCCCN=C(N)N)CC(=O)N[C@@H](C)C(=O)NCCCCN(CCCNC(=O)OC(C)(C)C)C(=O)OC(C)(C)C. The molecule has 0 aromatic rings. The Morgan fingerprint density at radius 1 is 0.822 bits per heavy atom. The molecule has 0 aliphatic rings. The first-order valence-corrected chi connectivity index (χ1v) is 15.5. The Balaban J connectivity index is 4.65. The van der Waals surface area contributed by atoms with E-state index in [1.165, 1.54) is 6.92 Å². The Morgan fingerprint density at radius 3 is 2.00 bits per heavy atom. The Morgan fingerprint density at radius 2 is 1.42 bits per heavy atom. The van der Waals surface area contributed by atoms with Gasteiger partial charge in [0.15, 0.2) is 5.96 Å². The van der Waals surface area contributed by atoms with Crippen molar-refractivity contribution in [2.75, 3.05) is 32.7 Å². The summed E-state index contributed by atoms with van der Waals surface area (Å²) in [5.74, 6) is -1.27. The van der Waals surface area contributed by atoms with Crippen LogP contribution in [0.4, 0.5) is 9.59 Å². The minimum atomic E-state index is -0.798. The molecule has 0 aliphatic carbocycles. The third-order valence-electron chi connectivity index (χ3n) is 5.82. The number of aliphatic imine (C=N–C) groups is 1. The number of nitrogens with two attached hydrogens (primary N) is 2. The van der Waals surface area contributed by atoms with Crippen molar-refractivity contribution in [1.82, 2.24) is 20.9 Å². The number of alkyl carbamates (subject to hydrolysis) is 1. The molecule has 0 spiro atoms. The summed E-state index contributed by atoms with van der Waals surface area (Å²) < 4.78 is 16.0. The quantitative estimate of drug-likeness (QED) is 0.0455. The van der Waals surface area contributed by atoms with Gasteiger partial charge in [-0.1, -0.05) is 0 Å². The van der Waals surface area contributed by atoms with Crippen molar-refractivity contribution in [3.8, 4) is 0 Å². The minimum Gasteiger partial charge on any atom is -0.462 e. The molecule has 0 rings (SSSR count). The summed E-state index contributed by atoms with van der Waals surface area (Å²) in [6.45, 7) is 15.4. The number of esters is 1. The van der Waals surface area contributed by atoms with Crippen LogP contribution in [0.15, 0.2) is 4.99 Å². The van der Waals surface area contributed by atoms with Gasteiger partial charge in [-0.15, -0.1) is 0 Å². The van der Waals surface area contributed by atoms with Crippen LogP contribution in [0.2, 0.25) is 0 Å². The van der Waals surface area contributed by atoms with Crippen LogP contribution >= 0.6 is 0 Å². The van der Waals surface area contributed by atoms with Gasteiger partial charge >= 0.3 is 18.2 Å². The van der Waals surface area contributed by atoms with Crippen molar-refractivity contribution in [2.24, 2.45) is 16.5 Å². The zero-order valence-corrected chi connectivity index (χ0v) is 28.5. The summed E-state index contributed by atoms with van der Waals surface area (Å²) in [7, 11) is 0. The summed E-state index contributed by atoms with van der Waals surface area (Å²) in [6.07, 6.45) is 1.75. The standard InChI is InChI=1S/C30H57N7O8/c1-21(36-24(39)20-23(43-22(2)38)14-9-10-16-34-26(31)32)25(40)33-15-11-12-18-37(28(42)45-30(6,7)8)19-13-17-35-27(41)44-29(3,4)5/h21,23H,9-20H2,1-8H3,(H,33,40)(H,35,41)(H,36,39)(H4,31,32,34)/t21-,23?/m0/s1. The Kier molecular flexibility index (Phi) is 19.3. The molecule has 2 atom stereocenters. The number of nitrogens with zero attached hydrogens (tertiary/aromatic N) is 2. The van der Waals surface area contributed by atoms with Crippen LogP contribution in [0.1, 0.15) is 100 Å². The summed E-state index contributed by atoms with van der Waals surface area (Å²) in [5.41, 5.74) is 9.35. The van der Waals surface area contributed by atoms with Gasteiger partial charge in [-0.25, -0.2) is 9.59 Å². The zero-order valence-electron chi connectivity index (χ0n) is 28.5. The highest BCUT2D eigenvalue weighted by atomic mass is 16.6. The number of unbranched alkanes of at least 4 members (excludes halogenated alkanes) is 2. The normalized spacial score (nSPS) is 12.6. The number of hydrogen-bond acceptors (Lipinski definition) is 9. The van der Waals surface area contributed by atoms with E-state index in [0.717, 1.165) is 0 Å². The highest BCUT2D eigenvalue weighted by Crippen LogP contribution is 2.12. The third-order valence-corrected chi connectivity index (χ3v) is 5.82. The van der Waals surface area contributed by atoms with E-state index < -0.39 is 47.4 Å². The van der Waals surface area contributed by atoms with Crippen LogP contribution < -0.4 is 27.4 Å². The van der Waals surface area contributed by atoms with Gasteiger partial charge in [-0.3, -0.25) is 19.4 Å². The summed E-state index contributed by atoms with van der Waals surface area (Å²) in [4.78, 5) is 66.6. The largest absolute Gasteiger partial charge is 0.462 e. The smallest absolute Gasteiger partial charge is 0.410 e. The van der Waals surface area contributed by atoms with Crippen LogP contribution in [0.3, 0.4) is 0 Å². The fraction of sp³-hybridized carbons (Fsp3) is 0.800. The lowest BCUT2D eigenvalue weighted by Crippen LogP contribution is -2.46. The molecule has 15 heteroatoms. The van der Waals surface area contributed by atoms with Gasteiger partial charge < -0.3 is 46.5 Å². The summed E-state index contributed by atoms with van der Waals surface area (Å²) in [5, 5.41) is 8.11. The average molecular weight is 644 g/mol. The molecule has 0 aromatic carbocycles. The predicted molar refractivity (Wildman–Crippen MR) is 171 cm³/mol. The van der Waals surface area contributed by atoms with Gasteiger partial charge in [0.25, 0.3) is 0 Å². The number of carbonyl (C=O) groups is 5. The third kappa shape index (κ3) is 24.3. The van der Waals surface area contributed by atoms with Crippen LogP contribution in [-0.4, -0.2) is 96.9 Å². The zero-order chi connectivity index (χ0) is 34.6. The Hall–Kier alpha value is -3.78. The maximum Gasteiger partial charge on any atom is 0.410 e. The van der Waals surface area contributed by atoms with Gasteiger partial charge in [0.05, 0.1) is 6.42 Å². The predicted octanol–water partition coefficient (Wildman–Crippen LogP) is 2.30. The van der Waals surface area contributed by atoms with Gasteiger partial charge in [0.1, 0.15) is 23.3 Å². The molecule has 4 amide bonds. The number of hydrogen-bond donors (Lipinski definition) is 5. The van der Waals surface area contributed by atoms with E-state index >= 15 is 0 Å². The molecule has 45 heavy (non-hydrogen) atoms. The second-order valence-corrected chi connectivity index (χ2v) is 12.8. The Bertz CT molecular complexity index is 972. The van der Waals surface area contributed by atoms with Crippen LogP contribution in [0, 0.1) is 0 Å². The van der Waals surface area contributed by atoms with Gasteiger partial charge in [-0.05, 0) is 87.0 Å². The maximum atomic E-state index is 12.7. The van der Waals surface area contributed by atoms with Crippen molar-refractivity contribution in [1.29, 1.82) is 0 Å². The molecule has 0 aliphatic heterocycles. The number of nitrogens with one attached hydrogen (secondary N) is 3. The number of guanidine groups is 1. The summed E-state index contributed by atoms with van der Waals surface area (Å²) in [6, 6.07) is -0.798. The van der Waals surface area contributed by atoms with Crippen LogP contribution in [-0.2, 0) is 28.6 Å². The average Bonchev–Trinajstić information content (AvgIpc) is 2.86.